The van der Waals surface area contributed by atoms with Gasteiger partial charge in [0.25, 0.3) is 11.8 Å². The van der Waals surface area contributed by atoms with Crippen LogP contribution in [0.4, 0.5) is 11.5 Å². The summed E-state index contributed by atoms with van der Waals surface area (Å²) < 4.78 is 0. The molecule has 0 spiro atoms. The number of nitrogens with one attached hydrogen (secondary N) is 1. The lowest BCUT2D eigenvalue weighted by Crippen LogP contribution is -2.34. The lowest BCUT2D eigenvalue weighted by atomic mass is 10.1. The number of nitrogen functional groups attached to an aromatic ring is 1. The lowest BCUT2D eigenvalue weighted by Gasteiger charge is -2.20. The van der Waals surface area contributed by atoms with Crippen LogP contribution in [0.5, 0.6) is 0 Å². The minimum absolute atomic E-state index is 0.0147. The van der Waals surface area contributed by atoms with Crippen molar-refractivity contribution in [2.24, 2.45) is 0 Å². The summed E-state index contributed by atoms with van der Waals surface area (Å²) in [6, 6.07) is 11.0. The predicted molar refractivity (Wildman–Crippen MR) is 122 cm³/mol. The minimum atomic E-state index is -0.471. The molecule has 1 fully saturated rings. The lowest BCUT2D eigenvalue weighted by molar-refractivity contribution is 0.0783. The number of aromatic nitrogens is 3. The summed E-state index contributed by atoms with van der Waals surface area (Å²) in [5.41, 5.74) is 8.28. The van der Waals surface area contributed by atoms with Crippen LogP contribution in [0.1, 0.15) is 27.3 Å². The Morgan fingerprint density at radius 3 is 2.59 bits per heavy atom. The number of carbonyl (C=O) groups is 2. The van der Waals surface area contributed by atoms with Crippen LogP contribution in [0.25, 0.3) is 11.3 Å². The van der Waals surface area contributed by atoms with Crippen molar-refractivity contribution in [1.29, 1.82) is 0 Å². The first-order chi connectivity index (χ1) is 15.4. The SMILES string of the molecule is CN(C)C1CCN(C(=O)c2ccc(-c3cnc(N)c(C(=O)Nc4cccnc4)n3)cc2)C1. The molecule has 0 bridgehead atoms. The van der Waals surface area contributed by atoms with Crippen LogP contribution in [0, 0.1) is 0 Å². The molecule has 0 saturated carbocycles. The molecule has 9 heteroatoms. The second-order valence-electron chi connectivity index (χ2n) is 7.92. The quantitative estimate of drug-likeness (QED) is 0.636. The van der Waals surface area contributed by atoms with E-state index in [-0.39, 0.29) is 17.4 Å². The van der Waals surface area contributed by atoms with Crippen LogP contribution in [-0.2, 0) is 0 Å². The van der Waals surface area contributed by atoms with E-state index in [1.165, 1.54) is 12.4 Å². The molecule has 1 aromatic carbocycles. The number of hydrogen-bond donors (Lipinski definition) is 2. The van der Waals surface area contributed by atoms with E-state index in [0.29, 0.717) is 23.0 Å². The second-order valence-corrected chi connectivity index (χ2v) is 7.92. The second kappa shape index (κ2) is 9.11. The van der Waals surface area contributed by atoms with E-state index in [9.17, 15) is 9.59 Å². The predicted octanol–water partition coefficient (Wildman–Crippen LogP) is 2.15. The third kappa shape index (κ3) is 4.57. The van der Waals surface area contributed by atoms with E-state index < -0.39 is 5.91 Å². The van der Waals surface area contributed by atoms with Gasteiger partial charge in [-0.3, -0.25) is 14.6 Å². The Hall–Kier alpha value is -3.85. The number of likely N-dealkylation sites (N-methyl/N-ethyl adjacent to an activating group) is 1. The van der Waals surface area contributed by atoms with Crippen molar-refractivity contribution in [3.8, 4) is 11.3 Å². The molecule has 32 heavy (non-hydrogen) atoms. The van der Waals surface area contributed by atoms with Crippen LogP contribution in [-0.4, -0.2) is 69.8 Å². The van der Waals surface area contributed by atoms with E-state index in [1.807, 2.05) is 19.0 Å². The van der Waals surface area contributed by atoms with E-state index in [4.69, 9.17) is 5.73 Å². The van der Waals surface area contributed by atoms with Crippen LogP contribution in [0.15, 0.2) is 55.0 Å². The topological polar surface area (TPSA) is 117 Å². The van der Waals surface area contributed by atoms with Crippen molar-refractivity contribution in [3.63, 3.8) is 0 Å². The molecule has 2 aromatic heterocycles. The zero-order valence-corrected chi connectivity index (χ0v) is 18.0. The Labute approximate surface area is 186 Å². The maximum atomic E-state index is 12.8. The van der Waals surface area contributed by atoms with Gasteiger partial charge < -0.3 is 20.9 Å². The number of nitrogens with zero attached hydrogens (tertiary/aromatic N) is 5. The monoisotopic (exact) mass is 431 g/mol. The van der Waals surface area contributed by atoms with Gasteiger partial charge in [-0.05, 0) is 44.8 Å². The molecule has 1 unspecified atom stereocenters. The maximum Gasteiger partial charge on any atom is 0.278 e. The zero-order chi connectivity index (χ0) is 22.7. The van der Waals surface area contributed by atoms with Crippen molar-refractivity contribution < 1.29 is 9.59 Å². The molecule has 2 amide bonds. The molecule has 0 aliphatic carbocycles. The number of hydrogen-bond acceptors (Lipinski definition) is 7. The highest BCUT2D eigenvalue weighted by Gasteiger charge is 2.28. The molecule has 164 valence electrons. The van der Waals surface area contributed by atoms with Crippen molar-refractivity contribution in [1.82, 2.24) is 24.8 Å². The number of amides is 2. The van der Waals surface area contributed by atoms with Gasteiger partial charge in [0.15, 0.2) is 11.5 Å². The number of benzene rings is 1. The molecular formula is C23H25N7O2. The molecule has 9 nitrogen and oxygen atoms in total. The zero-order valence-electron chi connectivity index (χ0n) is 18.0. The molecule has 3 heterocycles. The van der Waals surface area contributed by atoms with Gasteiger partial charge in [-0.25, -0.2) is 9.97 Å². The van der Waals surface area contributed by atoms with Crippen molar-refractivity contribution in [2.45, 2.75) is 12.5 Å². The number of rotatable bonds is 5. The van der Waals surface area contributed by atoms with Crippen molar-refractivity contribution in [2.75, 3.05) is 38.2 Å². The third-order valence-corrected chi connectivity index (χ3v) is 5.54. The molecule has 4 rings (SSSR count). The summed E-state index contributed by atoms with van der Waals surface area (Å²) in [6.07, 6.45) is 5.63. The standard InChI is InChI=1S/C23H25N7O2/c1-29(2)18-9-11-30(14-18)23(32)16-7-5-15(6-8-16)19-13-26-21(24)20(28-19)22(31)27-17-4-3-10-25-12-17/h3-8,10,12-13,18H,9,11,14H2,1-2H3,(H2,24,26)(H,27,31). The molecule has 1 aliphatic heterocycles. The number of pyridine rings is 1. The van der Waals surface area contributed by atoms with Gasteiger partial charge in [0.2, 0.25) is 0 Å². The van der Waals surface area contributed by atoms with Crippen LogP contribution in [0.2, 0.25) is 0 Å². The average molecular weight is 432 g/mol. The third-order valence-electron chi connectivity index (χ3n) is 5.54. The smallest absolute Gasteiger partial charge is 0.278 e. The molecule has 0 radical (unpaired) electrons. The highest BCUT2D eigenvalue weighted by molar-refractivity contribution is 6.05. The first kappa shape index (κ1) is 21.4. The van der Waals surface area contributed by atoms with Crippen molar-refractivity contribution in [3.05, 3.63) is 66.2 Å². The Balaban J connectivity index is 1.50. The maximum absolute atomic E-state index is 12.8. The fourth-order valence-electron chi connectivity index (χ4n) is 3.65. The summed E-state index contributed by atoms with van der Waals surface area (Å²) in [5, 5.41) is 2.71. The van der Waals surface area contributed by atoms with Gasteiger partial charge in [0.05, 0.1) is 23.8 Å². The van der Waals surface area contributed by atoms with Gasteiger partial charge in [-0.15, -0.1) is 0 Å². The fourth-order valence-corrected chi connectivity index (χ4v) is 3.65. The Bertz CT molecular complexity index is 1120. The summed E-state index contributed by atoms with van der Waals surface area (Å²) in [6.45, 7) is 1.48. The molecule has 1 atom stereocenters. The van der Waals surface area contributed by atoms with Gasteiger partial charge in [-0.1, -0.05) is 12.1 Å². The van der Waals surface area contributed by atoms with Gasteiger partial charge in [-0.2, -0.15) is 0 Å². The molecule has 1 saturated heterocycles. The van der Waals surface area contributed by atoms with Crippen molar-refractivity contribution >= 4 is 23.3 Å². The van der Waals surface area contributed by atoms with Crippen LogP contribution in [0.3, 0.4) is 0 Å². The van der Waals surface area contributed by atoms with E-state index in [0.717, 1.165) is 25.1 Å². The van der Waals surface area contributed by atoms with E-state index in [2.05, 4.69) is 25.2 Å². The number of likely N-dealkylation sites (tertiary alicyclic amines) is 1. The number of nitrogens with two attached hydrogens (primary N) is 1. The minimum Gasteiger partial charge on any atom is -0.382 e. The number of anilines is 2. The highest BCUT2D eigenvalue weighted by atomic mass is 16.2. The molecular weight excluding hydrogens is 406 g/mol. The average Bonchev–Trinajstić information content (AvgIpc) is 3.30. The Morgan fingerprint density at radius 2 is 1.94 bits per heavy atom. The largest absolute Gasteiger partial charge is 0.382 e. The van der Waals surface area contributed by atoms with E-state index >= 15 is 0 Å². The Morgan fingerprint density at radius 1 is 1.16 bits per heavy atom. The summed E-state index contributed by atoms with van der Waals surface area (Å²) in [4.78, 5) is 42.0. The van der Waals surface area contributed by atoms with Gasteiger partial charge >= 0.3 is 0 Å². The summed E-state index contributed by atoms with van der Waals surface area (Å²) >= 11 is 0. The van der Waals surface area contributed by atoms with Crippen LogP contribution >= 0.6 is 0 Å². The number of carbonyl (C=O) groups excluding carboxylic acids is 2. The fraction of sp³-hybridized carbons (Fsp3) is 0.261. The molecule has 1 aliphatic rings. The first-order valence-electron chi connectivity index (χ1n) is 10.3. The molecule has 3 N–H and O–H groups in total. The summed E-state index contributed by atoms with van der Waals surface area (Å²) in [7, 11) is 4.07. The van der Waals surface area contributed by atoms with Gasteiger partial charge in [0.1, 0.15) is 0 Å². The van der Waals surface area contributed by atoms with E-state index in [1.54, 1.807) is 42.6 Å². The highest BCUT2D eigenvalue weighted by Crippen LogP contribution is 2.22. The van der Waals surface area contributed by atoms with Crippen LogP contribution < -0.4 is 11.1 Å². The molecule has 3 aromatic rings. The van der Waals surface area contributed by atoms with Gasteiger partial charge in [0, 0.05) is 36.5 Å². The summed E-state index contributed by atoms with van der Waals surface area (Å²) in [5.74, 6) is -0.423. The normalized spacial score (nSPS) is 15.7. The first-order valence-corrected chi connectivity index (χ1v) is 10.3. The Kier molecular flexibility index (Phi) is 6.09.